The molecule has 0 spiro atoms. The summed E-state index contributed by atoms with van der Waals surface area (Å²) >= 11 is 0. The van der Waals surface area contributed by atoms with E-state index in [1.807, 2.05) is 20.8 Å². The Bertz CT molecular complexity index is 572. The van der Waals surface area contributed by atoms with E-state index in [2.05, 4.69) is 5.32 Å². The van der Waals surface area contributed by atoms with Crippen LogP contribution in [-0.4, -0.2) is 24.4 Å². The number of halogens is 1. The van der Waals surface area contributed by atoms with Gasteiger partial charge in [0.1, 0.15) is 5.82 Å². The Balaban J connectivity index is 2.01. The summed E-state index contributed by atoms with van der Waals surface area (Å²) in [6.07, 6.45) is 1.17. The molecule has 2 amide bonds. The number of nitrogens with zero attached hydrogens (tertiary/aromatic N) is 1. The normalized spacial score (nSPS) is 15.7. The van der Waals surface area contributed by atoms with Gasteiger partial charge in [-0.15, -0.1) is 0 Å². The highest BCUT2D eigenvalue weighted by atomic mass is 19.1. The first-order chi connectivity index (χ1) is 10.4. The van der Waals surface area contributed by atoms with E-state index < -0.39 is 0 Å². The molecule has 0 aromatic heterocycles. The van der Waals surface area contributed by atoms with Gasteiger partial charge in [-0.25, -0.2) is 4.39 Å². The van der Waals surface area contributed by atoms with Gasteiger partial charge in [0, 0.05) is 31.1 Å². The zero-order chi connectivity index (χ0) is 16.3. The minimum absolute atomic E-state index is 0.0104. The van der Waals surface area contributed by atoms with Crippen molar-refractivity contribution in [1.82, 2.24) is 5.32 Å². The smallest absolute Gasteiger partial charge is 0.227 e. The highest BCUT2D eigenvalue weighted by Gasteiger charge is 2.25. The number of hydrogen-bond acceptors (Lipinski definition) is 2. The predicted molar refractivity (Wildman–Crippen MR) is 84.1 cm³/mol. The van der Waals surface area contributed by atoms with Crippen LogP contribution in [0.1, 0.15) is 39.2 Å². The van der Waals surface area contributed by atoms with Crippen molar-refractivity contribution in [3.05, 3.63) is 29.6 Å². The lowest BCUT2D eigenvalue weighted by molar-refractivity contribution is -0.122. The number of carbonyl (C=O) groups is 2. The van der Waals surface area contributed by atoms with Gasteiger partial charge in [0.25, 0.3) is 0 Å². The van der Waals surface area contributed by atoms with Crippen LogP contribution in [0, 0.1) is 11.7 Å². The van der Waals surface area contributed by atoms with Gasteiger partial charge in [0.05, 0.1) is 0 Å². The van der Waals surface area contributed by atoms with E-state index in [0.29, 0.717) is 25.3 Å². The average Bonchev–Trinajstić information content (AvgIpc) is 2.46. The molecule has 1 atom stereocenters. The third-order valence-electron chi connectivity index (χ3n) is 4.19. The molecule has 0 radical (unpaired) electrons. The fraction of sp³-hybridized carbons (Fsp3) is 0.529. The Morgan fingerprint density at radius 1 is 1.32 bits per heavy atom. The van der Waals surface area contributed by atoms with Gasteiger partial charge >= 0.3 is 0 Å². The molecular formula is C17H23FN2O2. The fourth-order valence-corrected chi connectivity index (χ4v) is 2.48. The average molecular weight is 306 g/mol. The van der Waals surface area contributed by atoms with Crippen LogP contribution in [0.5, 0.6) is 0 Å². The molecule has 22 heavy (non-hydrogen) atoms. The van der Waals surface area contributed by atoms with Crippen LogP contribution >= 0.6 is 0 Å². The van der Waals surface area contributed by atoms with Crippen molar-refractivity contribution >= 4 is 17.5 Å². The van der Waals surface area contributed by atoms with Crippen LogP contribution in [0.4, 0.5) is 10.1 Å². The number of benzene rings is 1. The molecule has 1 aromatic carbocycles. The van der Waals surface area contributed by atoms with Gasteiger partial charge in [0.2, 0.25) is 11.8 Å². The van der Waals surface area contributed by atoms with E-state index in [1.54, 1.807) is 11.0 Å². The lowest BCUT2D eigenvalue weighted by Crippen LogP contribution is -2.41. The summed E-state index contributed by atoms with van der Waals surface area (Å²) in [5, 5.41) is 2.93. The molecule has 1 aliphatic heterocycles. The second-order valence-corrected chi connectivity index (χ2v) is 6.17. The number of carbonyl (C=O) groups excluding carboxylic acids is 2. The second kappa shape index (κ2) is 6.90. The van der Waals surface area contributed by atoms with E-state index in [0.717, 1.165) is 11.3 Å². The number of anilines is 1. The molecule has 1 N–H and O–H groups in total. The summed E-state index contributed by atoms with van der Waals surface area (Å²) in [5.41, 5.74) is 1.55. The highest BCUT2D eigenvalue weighted by Crippen LogP contribution is 2.28. The van der Waals surface area contributed by atoms with Gasteiger partial charge < -0.3 is 10.2 Å². The summed E-state index contributed by atoms with van der Waals surface area (Å²) in [5.74, 6) is -0.00660. The predicted octanol–water partition coefficient (Wildman–Crippen LogP) is 2.66. The number of aryl methyl sites for hydroxylation is 1. The van der Waals surface area contributed by atoms with Crippen LogP contribution in [0.15, 0.2) is 18.2 Å². The number of fused-ring (bicyclic) bond motifs is 1. The molecule has 2 rings (SSSR count). The molecular weight excluding hydrogens is 283 g/mol. The van der Waals surface area contributed by atoms with E-state index in [9.17, 15) is 14.0 Å². The van der Waals surface area contributed by atoms with Gasteiger partial charge in [0.15, 0.2) is 0 Å². The summed E-state index contributed by atoms with van der Waals surface area (Å²) in [6, 6.07) is 4.54. The number of amides is 2. The zero-order valence-corrected chi connectivity index (χ0v) is 13.4. The van der Waals surface area contributed by atoms with Crippen molar-refractivity contribution < 1.29 is 14.0 Å². The van der Waals surface area contributed by atoms with Crippen LogP contribution in [-0.2, 0) is 16.0 Å². The molecule has 1 aliphatic rings. The first kappa shape index (κ1) is 16.5. The monoisotopic (exact) mass is 306 g/mol. The Labute approximate surface area is 130 Å². The molecule has 120 valence electrons. The second-order valence-electron chi connectivity index (χ2n) is 6.17. The number of hydrogen-bond donors (Lipinski definition) is 1. The minimum atomic E-state index is -0.295. The summed E-state index contributed by atoms with van der Waals surface area (Å²) in [7, 11) is 0. The highest BCUT2D eigenvalue weighted by molar-refractivity contribution is 5.97. The molecule has 1 heterocycles. The topological polar surface area (TPSA) is 49.4 Å². The molecule has 1 aromatic rings. The quantitative estimate of drug-likeness (QED) is 0.909. The minimum Gasteiger partial charge on any atom is -0.353 e. The maximum atomic E-state index is 13.3. The van der Waals surface area contributed by atoms with E-state index in [4.69, 9.17) is 0 Å². The Morgan fingerprint density at radius 3 is 2.73 bits per heavy atom. The van der Waals surface area contributed by atoms with Gasteiger partial charge in [-0.2, -0.15) is 0 Å². The Kier molecular flexibility index (Phi) is 5.16. The Hall–Kier alpha value is -1.91. The van der Waals surface area contributed by atoms with Gasteiger partial charge in [-0.05, 0) is 43.0 Å². The number of nitrogens with one attached hydrogen (secondary N) is 1. The molecule has 4 nitrogen and oxygen atoms in total. The lowest BCUT2D eigenvalue weighted by atomic mass is 10.0. The van der Waals surface area contributed by atoms with E-state index in [1.165, 1.54) is 12.1 Å². The zero-order valence-electron chi connectivity index (χ0n) is 13.4. The van der Waals surface area contributed by atoms with E-state index >= 15 is 0 Å². The molecule has 0 bridgehead atoms. The molecule has 0 fully saturated rings. The van der Waals surface area contributed by atoms with Gasteiger partial charge in [-0.3, -0.25) is 9.59 Å². The molecule has 0 saturated heterocycles. The van der Waals surface area contributed by atoms with Crippen molar-refractivity contribution in [2.75, 3.05) is 11.4 Å². The fourth-order valence-electron chi connectivity index (χ4n) is 2.48. The molecule has 0 saturated carbocycles. The van der Waals surface area contributed by atoms with Crippen molar-refractivity contribution in [2.24, 2.45) is 5.92 Å². The van der Waals surface area contributed by atoms with Crippen LogP contribution in [0.3, 0.4) is 0 Å². The van der Waals surface area contributed by atoms with Gasteiger partial charge in [-0.1, -0.05) is 13.8 Å². The van der Waals surface area contributed by atoms with Crippen molar-refractivity contribution in [1.29, 1.82) is 0 Å². The standard InChI is InChI=1S/C17H23FN2O2/c1-11(2)12(3)19-16(21)8-9-20-15-6-5-14(18)10-13(15)4-7-17(20)22/h5-6,10-12H,4,7-9H2,1-3H3,(H,19,21)/t12-/m0/s1. The maximum Gasteiger partial charge on any atom is 0.227 e. The summed E-state index contributed by atoms with van der Waals surface area (Å²) < 4.78 is 13.3. The van der Waals surface area contributed by atoms with Crippen molar-refractivity contribution in [3.8, 4) is 0 Å². The molecule has 0 unspecified atom stereocenters. The third-order valence-corrected chi connectivity index (χ3v) is 4.19. The summed E-state index contributed by atoms with van der Waals surface area (Å²) in [6.45, 7) is 6.38. The maximum absolute atomic E-state index is 13.3. The SMILES string of the molecule is CC(C)[C@H](C)NC(=O)CCN1C(=O)CCc2cc(F)ccc21. The summed E-state index contributed by atoms with van der Waals surface area (Å²) in [4.78, 5) is 25.6. The first-order valence-corrected chi connectivity index (χ1v) is 7.76. The van der Waals surface area contributed by atoms with Crippen LogP contribution in [0.2, 0.25) is 0 Å². The first-order valence-electron chi connectivity index (χ1n) is 7.76. The lowest BCUT2D eigenvalue weighted by Gasteiger charge is -2.29. The Morgan fingerprint density at radius 2 is 2.05 bits per heavy atom. The largest absolute Gasteiger partial charge is 0.353 e. The van der Waals surface area contributed by atoms with Crippen LogP contribution in [0.25, 0.3) is 0 Å². The molecule has 5 heteroatoms. The van der Waals surface area contributed by atoms with Crippen LogP contribution < -0.4 is 10.2 Å². The number of rotatable bonds is 5. The van der Waals surface area contributed by atoms with E-state index in [-0.39, 0.29) is 30.1 Å². The van der Waals surface area contributed by atoms with Crippen molar-refractivity contribution in [2.45, 2.75) is 46.1 Å². The third kappa shape index (κ3) is 3.84. The molecule has 0 aliphatic carbocycles. The van der Waals surface area contributed by atoms with Crippen molar-refractivity contribution in [3.63, 3.8) is 0 Å².